The van der Waals surface area contributed by atoms with Crippen molar-refractivity contribution in [1.82, 2.24) is 9.78 Å². The van der Waals surface area contributed by atoms with Gasteiger partial charge in [0.05, 0.1) is 23.6 Å². The van der Waals surface area contributed by atoms with E-state index in [0.717, 1.165) is 23.5 Å². The summed E-state index contributed by atoms with van der Waals surface area (Å²) < 4.78 is 1.99. The monoisotopic (exact) mass is 395 g/mol. The lowest BCUT2D eigenvalue weighted by atomic mass is 10.0. The van der Waals surface area contributed by atoms with Crippen LogP contribution in [0, 0.1) is 19.8 Å². The first kappa shape index (κ1) is 18.6. The number of hydrogen-bond donors (Lipinski definition) is 1. The number of aryl methyl sites for hydroxylation is 1. The number of fused-ring (bicyclic) bond motifs is 1. The zero-order valence-electron chi connectivity index (χ0n) is 17.3. The fraction of sp³-hybridized carbons (Fsp3) is 0.231. The van der Waals surface area contributed by atoms with E-state index < -0.39 is 0 Å². The molecule has 1 aliphatic carbocycles. The van der Waals surface area contributed by atoms with Crippen molar-refractivity contribution in [3.05, 3.63) is 95.3 Å². The normalized spacial score (nSPS) is 17.8. The summed E-state index contributed by atoms with van der Waals surface area (Å²) >= 11 is 0. The van der Waals surface area contributed by atoms with Gasteiger partial charge in [-0.25, -0.2) is 0 Å². The van der Waals surface area contributed by atoms with Crippen LogP contribution in [0.1, 0.15) is 34.9 Å². The Kier molecular flexibility index (Phi) is 4.62. The van der Waals surface area contributed by atoms with E-state index in [4.69, 9.17) is 5.10 Å². The van der Waals surface area contributed by atoms with Gasteiger partial charge in [-0.2, -0.15) is 5.10 Å². The second-order valence-electron chi connectivity index (χ2n) is 8.19. The van der Waals surface area contributed by atoms with E-state index in [1.54, 1.807) is 0 Å². The van der Waals surface area contributed by atoms with Gasteiger partial charge in [0.15, 0.2) is 0 Å². The molecule has 0 spiro atoms. The van der Waals surface area contributed by atoms with Crippen molar-refractivity contribution in [2.24, 2.45) is 5.92 Å². The first-order valence-electron chi connectivity index (χ1n) is 10.5. The molecule has 4 heteroatoms. The Labute approximate surface area is 176 Å². The van der Waals surface area contributed by atoms with Crippen molar-refractivity contribution in [2.75, 3.05) is 5.32 Å². The van der Waals surface area contributed by atoms with Gasteiger partial charge in [0, 0.05) is 5.92 Å². The summed E-state index contributed by atoms with van der Waals surface area (Å²) in [5, 5.41) is 10.4. The lowest BCUT2D eigenvalue weighted by Gasteiger charge is -2.09. The summed E-state index contributed by atoms with van der Waals surface area (Å²) in [4.78, 5) is 12.9. The summed E-state index contributed by atoms with van der Waals surface area (Å²) in [7, 11) is 0. The average molecular weight is 396 g/mol. The summed E-state index contributed by atoms with van der Waals surface area (Å²) in [6, 6.07) is 25.1. The van der Waals surface area contributed by atoms with Crippen LogP contribution in [0.3, 0.4) is 0 Å². The van der Waals surface area contributed by atoms with Crippen molar-refractivity contribution < 1.29 is 4.79 Å². The number of nitrogens with zero attached hydrogens (tertiary/aromatic N) is 2. The van der Waals surface area contributed by atoms with Crippen LogP contribution < -0.4 is 5.32 Å². The molecule has 1 saturated carbocycles. The second kappa shape index (κ2) is 7.45. The van der Waals surface area contributed by atoms with Crippen molar-refractivity contribution in [1.29, 1.82) is 0 Å². The van der Waals surface area contributed by atoms with Crippen LogP contribution in [0.15, 0.2) is 72.8 Å². The number of nitrogens with one attached hydrogen (secondary N) is 1. The quantitative estimate of drug-likeness (QED) is 0.489. The van der Waals surface area contributed by atoms with Gasteiger partial charge < -0.3 is 5.32 Å². The molecule has 5 rings (SSSR count). The molecule has 2 atom stereocenters. The number of carbonyl (C=O) groups excluding carboxylic acids is 1. The van der Waals surface area contributed by atoms with E-state index in [0.29, 0.717) is 12.5 Å². The van der Waals surface area contributed by atoms with E-state index in [1.807, 2.05) is 36.7 Å². The van der Waals surface area contributed by atoms with Gasteiger partial charge in [-0.3, -0.25) is 9.48 Å². The Morgan fingerprint density at radius 1 is 1.00 bits per heavy atom. The van der Waals surface area contributed by atoms with Gasteiger partial charge >= 0.3 is 0 Å². The lowest BCUT2D eigenvalue weighted by Crippen LogP contribution is -2.16. The van der Waals surface area contributed by atoms with Crippen LogP contribution >= 0.6 is 0 Å². The highest BCUT2D eigenvalue weighted by molar-refractivity contribution is 5.96. The molecule has 0 unspecified atom stereocenters. The fourth-order valence-electron chi connectivity index (χ4n) is 4.39. The van der Waals surface area contributed by atoms with Crippen LogP contribution in [0.2, 0.25) is 0 Å². The maximum Gasteiger partial charge on any atom is 0.228 e. The third kappa shape index (κ3) is 3.39. The van der Waals surface area contributed by atoms with Gasteiger partial charge in [-0.05, 0) is 48.1 Å². The standard InChI is InChI=1S/C26H25N3O/c1-17-25(27-26(30)24-15-23(24)20-9-4-3-5-10-20)18(2)29(28-17)16-21-13-8-12-19-11-6-7-14-22(19)21/h3-14,23-24H,15-16H2,1-2H3,(H,27,30)/t23-,24+/m1/s1. The van der Waals surface area contributed by atoms with Crippen molar-refractivity contribution in [2.45, 2.75) is 32.7 Å². The number of carbonyl (C=O) groups is 1. The van der Waals surface area contributed by atoms with Gasteiger partial charge in [-0.1, -0.05) is 72.8 Å². The van der Waals surface area contributed by atoms with Crippen LogP contribution in [-0.2, 0) is 11.3 Å². The molecule has 0 bridgehead atoms. The smallest absolute Gasteiger partial charge is 0.228 e. The Morgan fingerprint density at radius 2 is 1.73 bits per heavy atom. The molecule has 1 fully saturated rings. The number of anilines is 1. The van der Waals surface area contributed by atoms with Crippen molar-refractivity contribution in [3.8, 4) is 0 Å². The molecule has 4 nitrogen and oxygen atoms in total. The summed E-state index contributed by atoms with van der Waals surface area (Å²) in [6.07, 6.45) is 0.915. The Bertz CT molecular complexity index is 1220. The Morgan fingerprint density at radius 3 is 2.57 bits per heavy atom. The lowest BCUT2D eigenvalue weighted by molar-refractivity contribution is -0.117. The summed E-state index contributed by atoms with van der Waals surface area (Å²) in [5.41, 5.74) is 5.17. The summed E-state index contributed by atoms with van der Waals surface area (Å²) in [5.74, 6) is 0.477. The van der Waals surface area contributed by atoms with Crippen molar-refractivity contribution in [3.63, 3.8) is 0 Å². The van der Waals surface area contributed by atoms with Crippen LogP contribution in [0.4, 0.5) is 5.69 Å². The largest absolute Gasteiger partial charge is 0.323 e. The number of amides is 1. The molecule has 0 saturated heterocycles. The number of rotatable bonds is 5. The first-order valence-corrected chi connectivity index (χ1v) is 10.5. The van der Waals surface area contributed by atoms with Crippen LogP contribution in [-0.4, -0.2) is 15.7 Å². The zero-order valence-corrected chi connectivity index (χ0v) is 17.3. The van der Waals surface area contributed by atoms with Gasteiger partial charge in [0.25, 0.3) is 0 Å². The minimum atomic E-state index is 0.0487. The van der Waals surface area contributed by atoms with Gasteiger partial charge in [-0.15, -0.1) is 0 Å². The topological polar surface area (TPSA) is 46.9 Å². The molecule has 30 heavy (non-hydrogen) atoms. The van der Waals surface area contributed by atoms with E-state index in [2.05, 4.69) is 59.9 Å². The van der Waals surface area contributed by atoms with Crippen LogP contribution in [0.25, 0.3) is 10.8 Å². The predicted molar refractivity (Wildman–Crippen MR) is 121 cm³/mol. The molecule has 1 aromatic heterocycles. The Balaban J connectivity index is 1.35. The van der Waals surface area contributed by atoms with E-state index in [-0.39, 0.29) is 11.8 Å². The summed E-state index contributed by atoms with van der Waals surface area (Å²) in [6.45, 7) is 4.67. The number of hydrogen-bond acceptors (Lipinski definition) is 2. The minimum absolute atomic E-state index is 0.0487. The second-order valence-corrected chi connectivity index (χ2v) is 8.19. The molecule has 1 heterocycles. The third-order valence-electron chi connectivity index (χ3n) is 6.18. The maximum absolute atomic E-state index is 12.9. The fourth-order valence-corrected chi connectivity index (χ4v) is 4.39. The van der Waals surface area contributed by atoms with E-state index >= 15 is 0 Å². The molecule has 0 aliphatic heterocycles. The highest BCUT2D eigenvalue weighted by Gasteiger charge is 2.44. The van der Waals surface area contributed by atoms with Gasteiger partial charge in [0.2, 0.25) is 5.91 Å². The first-order chi connectivity index (χ1) is 14.6. The van der Waals surface area contributed by atoms with E-state index in [9.17, 15) is 4.79 Å². The highest BCUT2D eigenvalue weighted by Crippen LogP contribution is 2.48. The van der Waals surface area contributed by atoms with Crippen LogP contribution in [0.5, 0.6) is 0 Å². The molecule has 4 aromatic rings. The third-order valence-corrected chi connectivity index (χ3v) is 6.18. The molecular weight excluding hydrogens is 370 g/mol. The minimum Gasteiger partial charge on any atom is -0.323 e. The van der Waals surface area contributed by atoms with Gasteiger partial charge in [0.1, 0.15) is 0 Å². The van der Waals surface area contributed by atoms with Crippen molar-refractivity contribution >= 4 is 22.4 Å². The molecule has 0 radical (unpaired) electrons. The average Bonchev–Trinajstić information content (AvgIpc) is 3.54. The SMILES string of the molecule is Cc1nn(Cc2cccc3ccccc23)c(C)c1NC(=O)[C@H]1C[C@@H]1c1ccccc1. The number of aromatic nitrogens is 2. The highest BCUT2D eigenvalue weighted by atomic mass is 16.2. The molecule has 3 aromatic carbocycles. The zero-order chi connectivity index (χ0) is 20.7. The maximum atomic E-state index is 12.9. The molecule has 150 valence electrons. The molecule has 1 N–H and O–H groups in total. The molecule has 1 aliphatic rings. The van der Waals surface area contributed by atoms with E-state index in [1.165, 1.54) is 21.9 Å². The molecular formula is C26H25N3O. The Hall–Kier alpha value is -3.40. The molecule has 1 amide bonds. The number of benzene rings is 3. The predicted octanol–water partition coefficient (Wildman–Crippen LogP) is 5.44.